The fraction of sp³-hybridized carbons (Fsp3) is 0.500. The van der Waals surface area contributed by atoms with Gasteiger partial charge in [0, 0.05) is 32.1 Å². The summed E-state index contributed by atoms with van der Waals surface area (Å²) in [7, 11) is 3.24. The number of nitrogens with zero attached hydrogens (tertiary/aromatic N) is 3. The van der Waals surface area contributed by atoms with Crippen LogP contribution in [0.3, 0.4) is 0 Å². The SMILES string of the molecule is COC[C@H](C)Oc1cnc(C(=O)Cc2ccc(F)c([C@@]3(C)N=C(N)S[C@@]4(COC)C[C@H]43)c2)cn1. The molecule has 8 nitrogen and oxygen atoms in total. The van der Waals surface area contributed by atoms with Gasteiger partial charge in [-0.15, -0.1) is 0 Å². The molecule has 1 aromatic carbocycles. The summed E-state index contributed by atoms with van der Waals surface area (Å²) in [5.41, 5.74) is 6.62. The van der Waals surface area contributed by atoms with Crippen LogP contribution in [-0.2, 0) is 21.4 Å². The number of thioether (sulfide) groups is 1. The van der Waals surface area contributed by atoms with Crippen LogP contribution < -0.4 is 10.5 Å². The van der Waals surface area contributed by atoms with Gasteiger partial charge in [-0.05, 0) is 38.0 Å². The second kappa shape index (κ2) is 9.59. The van der Waals surface area contributed by atoms with Crippen molar-refractivity contribution in [3.63, 3.8) is 0 Å². The summed E-state index contributed by atoms with van der Waals surface area (Å²) in [6.07, 6.45) is 3.50. The Labute approximate surface area is 202 Å². The van der Waals surface area contributed by atoms with E-state index in [2.05, 4.69) is 15.0 Å². The van der Waals surface area contributed by atoms with Crippen LogP contribution in [-0.4, -0.2) is 59.2 Å². The number of methoxy groups -OCH3 is 2. The number of Topliss-reactive ketones (excluding diaryl/α,β-unsaturated/α-hetero) is 1. The van der Waals surface area contributed by atoms with Crippen LogP contribution in [0.2, 0.25) is 0 Å². The first-order valence-corrected chi connectivity index (χ1v) is 11.9. The van der Waals surface area contributed by atoms with E-state index in [0.717, 1.165) is 6.42 Å². The number of aromatic nitrogens is 2. The maximum Gasteiger partial charge on any atom is 0.232 e. The summed E-state index contributed by atoms with van der Waals surface area (Å²) >= 11 is 1.50. The predicted molar refractivity (Wildman–Crippen MR) is 128 cm³/mol. The van der Waals surface area contributed by atoms with Crippen LogP contribution >= 0.6 is 11.8 Å². The third-order valence-corrected chi connectivity index (χ3v) is 7.60. The first kappa shape index (κ1) is 24.6. The van der Waals surface area contributed by atoms with E-state index < -0.39 is 5.54 Å². The number of benzene rings is 1. The zero-order valence-electron chi connectivity index (χ0n) is 19.7. The van der Waals surface area contributed by atoms with E-state index in [1.165, 1.54) is 30.2 Å². The Morgan fingerprint density at radius 2 is 2.09 bits per heavy atom. The molecule has 0 spiro atoms. The average Bonchev–Trinajstić information content (AvgIpc) is 3.50. The van der Waals surface area contributed by atoms with Crippen molar-refractivity contribution in [3.05, 3.63) is 53.2 Å². The molecule has 0 saturated heterocycles. The van der Waals surface area contributed by atoms with Gasteiger partial charge in [-0.1, -0.05) is 17.8 Å². The minimum atomic E-state index is -0.825. The van der Waals surface area contributed by atoms with Crippen LogP contribution in [0.25, 0.3) is 0 Å². The normalized spacial score (nSPS) is 26.4. The molecule has 1 fully saturated rings. The van der Waals surface area contributed by atoms with Crippen LogP contribution in [0, 0.1) is 11.7 Å². The summed E-state index contributed by atoms with van der Waals surface area (Å²) in [5, 5.41) is 0.423. The lowest BCUT2D eigenvalue weighted by atomic mass is 9.84. The molecule has 2 aromatic rings. The Morgan fingerprint density at radius 3 is 2.76 bits per heavy atom. The largest absolute Gasteiger partial charge is 0.471 e. The van der Waals surface area contributed by atoms with E-state index in [1.807, 2.05) is 13.8 Å². The Morgan fingerprint density at radius 1 is 1.29 bits per heavy atom. The zero-order valence-corrected chi connectivity index (χ0v) is 20.5. The van der Waals surface area contributed by atoms with Crippen LogP contribution in [0.1, 0.15) is 41.9 Å². The van der Waals surface area contributed by atoms with Crippen molar-refractivity contribution in [2.75, 3.05) is 27.4 Å². The van der Waals surface area contributed by atoms with E-state index in [4.69, 9.17) is 19.9 Å². The number of ether oxygens (including phenoxy) is 3. The lowest BCUT2D eigenvalue weighted by Gasteiger charge is -2.34. The standard InChI is InChI=1S/C24H29FN4O4S/c1-14(12-31-3)33-21-11-27-18(10-28-21)19(30)8-15-5-6-17(25)16(7-15)23(2)20-9-24(20,13-32-4)34-22(26)29-23/h5-7,10-11,14,20H,8-9,12-13H2,1-4H3,(H2,26,29)/t14-,20-,23+,24+/m0/s1. The molecule has 1 saturated carbocycles. The van der Waals surface area contributed by atoms with Gasteiger partial charge in [0.2, 0.25) is 5.88 Å². The molecule has 4 atom stereocenters. The summed E-state index contributed by atoms with van der Waals surface area (Å²) in [5.74, 6) is -0.190. The highest BCUT2D eigenvalue weighted by molar-refractivity contribution is 8.15. The minimum Gasteiger partial charge on any atom is -0.471 e. The number of halogens is 1. The monoisotopic (exact) mass is 488 g/mol. The number of nitrogens with two attached hydrogens (primary N) is 1. The van der Waals surface area contributed by atoms with Crippen molar-refractivity contribution in [1.82, 2.24) is 9.97 Å². The number of rotatable bonds is 10. The fourth-order valence-corrected chi connectivity index (χ4v) is 6.12. The summed E-state index contributed by atoms with van der Waals surface area (Å²) in [6.45, 7) is 4.69. The number of aliphatic imine (C=N–C) groups is 1. The van der Waals surface area contributed by atoms with E-state index >= 15 is 4.39 Å². The van der Waals surface area contributed by atoms with Crippen molar-refractivity contribution in [3.8, 4) is 5.88 Å². The van der Waals surface area contributed by atoms with Crippen LogP contribution in [0.4, 0.5) is 4.39 Å². The van der Waals surface area contributed by atoms with E-state index in [0.29, 0.717) is 35.4 Å². The second-order valence-corrected chi connectivity index (χ2v) is 10.4. The van der Waals surface area contributed by atoms with Gasteiger partial charge in [0.05, 0.1) is 35.9 Å². The number of ketones is 1. The highest BCUT2D eigenvalue weighted by Crippen LogP contribution is 2.65. The number of carbonyl (C=O) groups is 1. The molecule has 1 aliphatic heterocycles. The molecule has 4 rings (SSSR count). The van der Waals surface area contributed by atoms with Gasteiger partial charge in [0.1, 0.15) is 17.6 Å². The molecule has 34 heavy (non-hydrogen) atoms. The first-order chi connectivity index (χ1) is 16.2. The Bertz CT molecular complexity index is 1100. The number of carbonyl (C=O) groups excluding carboxylic acids is 1. The number of hydrogen-bond donors (Lipinski definition) is 1. The molecule has 2 N–H and O–H groups in total. The van der Waals surface area contributed by atoms with Crippen molar-refractivity contribution in [2.24, 2.45) is 16.6 Å². The van der Waals surface area contributed by atoms with Crippen LogP contribution in [0.5, 0.6) is 5.88 Å². The Hall–Kier alpha value is -2.56. The van der Waals surface area contributed by atoms with Crippen molar-refractivity contribution in [2.45, 2.75) is 43.1 Å². The van der Waals surface area contributed by atoms with E-state index in [-0.39, 0.29) is 40.5 Å². The highest BCUT2D eigenvalue weighted by atomic mass is 32.2. The summed E-state index contributed by atoms with van der Waals surface area (Å²) < 4.78 is 30.8. The molecule has 182 valence electrons. The molecule has 1 aliphatic carbocycles. The van der Waals surface area contributed by atoms with Crippen molar-refractivity contribution < 1.29 is 23.4 Å². The number of fused-ring (bicyclic) bond motifs is 1. The third kappa shape index (κ3) is 4.80. The molecule has 2 aliphatic rings. The van der Waals surface area contributed by atoms with Gasteiger partial charge in [0.15, 0.2) is 11.0 Å². The first-order valence-electron chi connectivity index (χ1n) is 11.0. The van der Waals surface area contributed by atoms with E-state index in [1.54, 1.807) is 26.4 Å². The molecule has 0 amide bonds. The fourth-order valence-electron chi connectivity index (χ4n) is 4.67. The molecule has 10 heteroatoms. The molecule has 2 heterocycles. The Kier molecular flexibility index (Phi) is 6.93. The number of hydrogen-bond acceptors (Lipinski definition) is 9. The molecular formula is C24H29FN4O4S. The van der Waals surface area contributed by atoms with Gasteiger partial charge in [-0.25, -0.2) is 14.4 Å². The maximum atomic E-state index is 15.0. The topological polar surface area (TPSA) is 109 Å². The molecule has 0 unspecified atom stereocenters. The van der Waals surface area contributed by atoms with Crippen molar-refractivity contribution in [1.29, 1.82) is 0 Å². The van der Waals surface area contributed by atoms with Gasteiger partial charge in [0.25, 0.3) is 0 Å². The minimum absolute atomic E-state index is 0.0557. The second-order valence-electron chi connectivity index (χ2n) is 8.99. The number of amidine groups is 1. The Balaban J connectivity index is 1.52. The summed E-state index contributed by atoms with van der Waals surface area (Å²) in [4.78, 5) is 25.8. The van der Waals surface area contributed by atoms with Gasteiger partial charge in [-0.3, -0.25) is 9.79 Å². The van der Waals surface area contributed by atoms with Gasteiger partial charge < -0.3 is 19.9 Å². The zero-order chi connectivity index (χ0) is 24.5. The van der Waals surface area contributed by atoms with E-state index in [9.17, 15) is 4.79 Å². The molecule has 1 aromatic heterocycles. The predicted octanol–water partition coefficient (Wildman–Crippen LogP) is 3.14. The maximum absolute atomic E-state index is 15.0. The van der Waals surface area contributed by atoms with Gasteiger partial charge >= 0.3 is 0 Å². The quantitative estimate of drug-likeness (QED) is 0.508. The highest BCUT2D eigenvalue weighted by Gasteiger charge is 2.66. The van der Waals surface area contributed by atoms with Gasteiger partial charge in [-0.2, -0.15) is 0 Å². The molecular weight excluding hydrogens is 459 g/mol. The lowest BCUT2D eigenvalue weighted by Crippen LogP contribution is -2.37. The molecule has 0 bridgehead atoms. The molecule has 0 radical (unpaired) electrons. The summed E-state index contributed by atoms with van der Waals surface area (Å²) in [6, 6.07) is 4.71. The smallest absolute Gasteiger partial charge is 0.232 e. The lowest BCUT2D eigenvalue weighted by molar-refractivity contribution is 0.0884. The average molecular weight is 489 g/mol. The van der Waals surface area contributed by atoms with Crippen molar-refractivity contribution >= 4 is 22.7 Å². The third-order valence-electron chi connectivity index (χ3n) is 6.32. The van der Waals surface area contributed by atoms with Crippen LogP contribution in [0.15, 0.2) is 35.6 Å².